The number of amides is 1. The molecule has 0 unspecified atom stereocenters. The standard InChI is InChI=1S/C12H16BrNO2/c1-12(2,8-15)7-14-11(16)9-4-3-5-10(13)6-9/h3-6,15H,7-8H2,1-2H3,(H,14,16). The molecule has 1 aromatic carbocycles. The van der Waals surface area contributed by atoms with E-state index < -0.39 is 0 Å². The summed E-state index contributed by atoms with van der Waals surface area (Å²) in [6.45, 7) is 4.29. The maximum Gasteiger partial charge on any atom is 0.251 e. The Kier molecular flexibility index (Phi) is 4.50. The van der Waals surface area contributed by atoms with Crippen LogP contribution in [0.4, 0.5) is 0 Å². The molecule has 0 spiro atoms. The summed E-state index contributed by atoms with van der Waals surface area (Å²) in [6, 6.07) is 7.21. The lowest BCUT2D eigenvalue weighted by Crippen LogP contribution is -2.36. The van der Waals surface area contributed by atoms with Gasteiger partial charge in [-0.05, 0) is 18.2 Å². The van der Waals surface area contributed by atoms with Gasteiger partial charge in [-0.15, -0.1) is 0 Å². The van der Waals surface area contributed by atoms with Gasteiger partial charge in [-0.2, -0.15) is 0 Å². The van der Waals surface area contributed by atoms with Crippen molar-refractivity contribution < 1.29 is 9.90 Å². The molecule has 16 heavy (non-hydrogen) atoms. The average Bonchev–Trinajstić information content (AvgIpc) is 2.26. The van der Waals surface area contributed by atoms with Crippen LogP contribution in [0.3, 0.4) is 0 Å². The first-order valence-electron chi connectivity index (χ1n) is 5.09. The molecule has 1 rings (SSSR count). The van der Waals surface area contributed by atoms with Crippen molar-refractivity contribution >= 4 is 21.8 Å². The zero-order chi connectivity index (χ0) is 12.2. The molecule has 0 atom stereocenters. The summed E-state index contributed by atoms with van der Waals surface area (Å²) in [6.07, 6.45) is 0. The third-order valence-electron chi connectivity index (χ3n) is 2.24. The molecule has 0 aliphatic heterocycles. The van der Waals surface area contributed by atoms with Gasteiger partial charge in [0.25, 0.3) is 5.91 Å². The number of aliphatic hydroxyl groups excluding tert-OH is 1. The van der Waals surface area contributed by atoms with Gasteiger partial charge < -0.3 is 10.4 Å². The van der Waals surface area contributed by atoms with Crippen molar-refractivity contribution in [1.82, 2.24) is 5.32 Å². The number of benzene rings is 1. The maximum absolute atomic E-state index is 11.7. The van der Waals surface area contributed by atoms with Crippen LogP contribution in [0, 0.1) is 5.41 Å². The zero-order valence-corrected chi connectivity index (χ0v) is 11.0. The predicted octanol–water partition coefficient (Wildman–Crippen LogP) is 2.20. The van der Waals surface area contributed by atoms with Gasteiger partial charge in [0.05, 0.1) is 0 Å². The van der Waals surface area contributed by atoms with Gasteiger partial charge in [0, 0.05) is 28.6 Å². The molecule has 0 radical (unpaired) electrons. The number of carbonyl (C=O) groups is 1. The van der Waals surface area contributed by atoms with Gasteiger partial charge in [-0.3, -0.25) is 4.79 Å². The number of hydrogen-bond acceptors (Lipinski definition) is 2. The van der Waals surface area contributed by atoms with Crippen molar-refractivity contribution in [1.29, 1.82) is 0 Å². The van der Waals surface area contributed by atoms with Crippen LogP contribution < -0.4 is 5.32 Å². The highest BCUT2D eigenvalue weighted by molar-refractivity contribution is 9.10. The summed E-state index contributed by atoms with van der Waals surface area (Å²) in [5.41, 5.74) is 0.324. The van der Waals surface area contributed by atoms with Crippen LogP contribution in [-0.4, -0.2) is 24.2 Å². The molecule has 1 aromatic rings. The quantitative estimate of drug-likeness (QED) is 0.891. The topological polar surface area (TPSA) is 49.3 Å². The van der Waals surface area contributed by atoms with Crippen molar-refractivity contribution in [2.45, 2.75) is 13.8 Å². The molecule has 4 heteroatoms. The molecule has 0 saturated heterocycles. The van der Waals surface area contributed by atoms with Crippen LogP contribution in [0.1, 0.15) is 24.2 Å². The Morgan fingerprint density at radius 1 is 1.50 bits per heavy atom. The molecule has 0 heterocycles. The van der Waals surface area contributed by atoms with E-state index in [4.69, 9.17) is 5.11 Å². The number of hydrogen-bond donors (Lipinski definition) is 2. The Labute approximate surface area is 104 Å². The highest BCUT2D eigenvalue weighted by Crippen LogP contribution is 2.14. The number of rotatable bonds is 4. The second-order valence-electron chi connectivity index (χ2n) is 4.52. The third kappa shape index (κ3) is 3.94. The number of aliphatic hydroxyl groups is 1. The molecule has 88 valence electrons. The molecular weight excluding hydrogens is 270 g/mol. The Morgan fingerprint density at radius 2 is 2.19 bits per heavy atom. The molecule has 2 N–H and O–H groups in total. The lowest BCUT2D eigenvalue weighted by atomic mass is 9.95. The summed E-state index contributed by atoms with van der Waals surface area (Å²) in [4.78, 5) is 11.7. The van der Waals surface area contributed by atoms with Gasteiger partial charge in [0.1, 0.15) is 0 Å². The fraction of sp³-hybridized carbons (Fsp3) is 0.417. The number of halogens is 1. The van der Waals surface area contributed by atoms with E-state index in [1.54, 1.807) is 12.1 Å². The van der Waals surface area contributed by atoms with Crippen molar-refractivity contribution in [3.8, 4) is 0 Å². The first-order chi connectivity index (χ1) is 7.44. The second-order valence-corrected chi connectivity index (χ2v) is 5.43. The normalized spacial score (nSPS) is 11.2. The molecule has 0 bridgehead atoms. The van der Waals surface area contributed by atoms with E-state index in [0.717, 1.165) is 4.47 Å². The van der Waals surface area contributed by atoms with Gasteiger partial charge in [-0.25, -0.2) is 0 Å². The van der Waals surface area contributed by atoms with Gasteiger partial charge in [-0.1, -0.05) is 35.8 Å². The molecular formula is C12H16BrNO2. The molecule has 3 nitrogen and oxygen atoms in total. The van der Waals surface area contributed by atoms with E-state index in [0.29, 0.717) is 12.1 Å². The van der Waals surface area contributed by atoms with E-state index in [-0.39, 0.29) is 17.9 Å². The lowest BCUT2D eigenvalue weighted by molar-refractivity contribution is 0.0911. The van der Waals surface area contributed by atoms with Gasteiger partial charge in [0.2, 0.25) is 0 Å². The van der Waals surface area contributed by atoms with E-state index in [1.165, 1.54) is 0 Å². The van der Waals surface area contributed by atoms with E-state index in [2.05, 4.69) is 21.2 Å². The molecule has 0 fully saturated rings. The van der Waals surface area contributed by atoms with Crippen molar-refractivity contribution in [3.05, 3.63) is 34.3 Å². The third-order valence-corrected chi connectivity index (χ3v) is 2.74. The molecule has 0 aliphatic rings. The summed E-state index contributed by atoms with van der Waals surface area (Å²) in [5.74, 6) is -0.122. The molecule has 1 amide bonds. The Hall–Kier alpha value is -0.870. The van der Waals surface area contributed by atoms with Crippen molar-refractivity contribution in [2.75, 3.05) is 13.2 Å². The summed E-state index contributed by atoms with van der Waals surface area (Å²) < 4.78 is 0.876. The molecule has 0 saturated carbocycles. The minimum Gasteiger partial charge on any atom is -0.396 e. The fourth-order valence-electron chi connectivity index (χ4n) is 1.11. The minimum atomic E-state index is -0.290. The fourth-order valence-corrected chi connectivity index (χ4v) is 1.51. The minimum absolute atomic E-state index is 0.0474. The van der Waals surface area contributed by atoms with Crippen LogP contribution in [-0.2, 0) is 0 Å². The predicted molar refractivity (Wildman–Crippen MR) is 67.3 cm³/mol. The number of nitrogens with one attached hydrogen (secondary N) is 1. The van der Waals surface area contributed by atoms with E-state index in [1.807, 2.05) is 26.0 Å². The molecule has 0 aromatic heterocycles. The summed E-state index contributed by atoms with van der Waals surface area (Å²) in [7, 11) is 0. The summed E-state index contributed by atoms with van der Waals surface area (Å²) >= 11 is 3.31. The SMILES string of the molecule is CC(C)(CO)CNC(=O)c1cccc(Br)c1. The van der Waals surface area contributed by atoms with Crippen LogP contribution >= 0.6 is 15.9 Å². The molecule has 0 aliphatic carbocycles. The Morgan fingerprint density at radius 3 is 2.75 bits per heavy atom. The van der Waals surface area contributed by atoms with E-state index in [9.17, 15) is 4.79 Å². The van der Waals surface area contributed by atoms with Crippen LogP contribution in [0.15, 0.2) is 28.7 Å². The van der Waals surface area contributed by atoms with Crippen LogP contribution in [0.25, 0.3) is 0 Å². The summed E-state index contributed by atoms with van der Waals surface area (Å²) in [5, 5.41) is 11.9. The number of carbonyl (C=O) groups excluding carboxylic acids is 1. The highest BCUT2D eigenvalue weighted by atomic mass is 79.9. The largest absolute Gasteiger partial charge is 0.396 e. The Balaban J connectivity index is 2.60. The van der Waals surface area contributed by atoms with Gasteiger partial charge >= 0.3 is 0 Å². The monoisotopic (exact) mass is 285 g/mol. The van der Waals surface area contributed by atoms with Crippen LogP contribution in [0.2, 0.25) is 0 Å². The van der Waals surface area contributed by atoms with Gasteiger partial charge in [0.15, 0.2) is 0 Å². The average molecular weight is 286 g/mol. The highest BCUT2D eigenvalue weighted by Gasteiger charge is 2.17. The Bertz CT molecular complexity index is 377. The van der Waals surface area contributed by atoms with E-state index >= 15 is 0 Å². The second kappa shape index (κ2) is 5.46. The van der Waals surface area contributed by atoms with Crippen molar-refractivity contribution in [3.63, 3.8) is 0 Å². The van der Waals surface area contributed by atoms with Crippen LogP contribution in [0.5, 0.6) is 0 Å². The maximum atomic E-state index is 11.7. The smallest absolute Gasteiger partial charge is 0.251 e. The first kappa shape index (κ1) is 13.2. The first-order valence-corrected chi connectivity index (χ1v) is 5.88. The zero-order valence-electron chi connectivity index (χ0n) is 9.46. The lowest BCUT2D eigenvalue weighted by Gasteiger charge is -2.21. The van der Waals surface area contributed by atoms with Crippen molar-refractivity contribution in [2.24, 2.45) is 5.41 Å².